The number of hydrogen-bond donors (Lipinski definition) is 2. The molecule has 1 aliphatic carbocycles. The molecule has 8 heteroatoms. The van der Waals surface area contributed by atoms with Crippen LogP contribution in [-0.2, 0) is 16.4 Å². The van der Waals surface area contributed by atoms with Crippen LogP contribution in [0.4, 0.5) is 17.3 Å². The van der Waals surface area contributed by atoms with Crippen molar-refractivity contribution in [1.29, 1.82) is 0 Å². The predicted molar refractivity (Wildman–Crippen MR) is 125 cm³/mol. The highest BCUT2D eigenvalue weighted by Gasteiger charge is 2.18. The SMILES string of the molecule is COc1ccc(CC2CCCCC2)c(Nc2nc3ccccc3nc2NS(C)(=O)=O)c1. The van der Waals surface area contributed by atoms with Crippen molar-refractivity contribution >= 4 is 38.4 Å². The fourth-order valence-corrected chi connectivity index (χ4v) is 4.63. The van der Waals surface area contributed by atoms with Gasteiger partial charge in [0, 0.05) is 11.8 Å². The third-order valence-electron chi connectivity index (χ3n) is 5.66. The van der Waals surface area contributed by atoms with E-state index in [2.05, 4.69) is 26.1 Å². The van der Waals surface area contributed by atoms with Gasteiger partial charge in [0.15, 0.2) is 11.6 Å². The monoisotopic (exact) mass is 440 g/mol. The summed E-state index contributed by atoms with van der Waals surface area (Å²) in [5, 5.41) is 3.34. The van der Waals surface area contributed by atoms with Crippen LogP contribution in [0.3, 0.4) is 0 Å². The summed E-state index contributed by atoms with van der Waals surface area (Å²) in [7, 11) is -1.89. The Hall–Kier alpha value is -2.87. The summed E-state index contributed by atoms with van der Waals surface area (Å²) < 4.78 is 31.8. The third-order valence-corrected chi connectivity index (χ3v) is 6.22. The molecule has 7 nitrogen and oxygen atoms in total. The van der Waals surface area contributed by atoms with Crippen molar-refractivity contribution in [3.63, 3.8) is 0 Å². The van der Waals surface area contributed by atoms with Gasteiger partial charge in [-0.1, -0.05) is 50.3 Å². The number of hydrogen-bond acceptors (Lipinski definition) is 6. The summed E-state index contributed by atoms with van der Waals surface area (Å²) in [6.07, 6.45) is 8.42. The number of ether oxygens (including phenoxy) is 1. The lowest BCUT2D eigenvalue weighted by Crippen LogP contribution is -2.14. The average molecular weight is 441 g/mol. The van der Waals surface area contributed by atoms with Crippen molar-refractivity contribution in [2.45, 2.75) is 38.5 Å². The molecule has 31 heavy (non-hydrogen) atoms. The highest BCUT2D eigenvalue weighted by Crippen LogP contribution is 2.34. The van der Waals surface area contributed by atoms with Gasteiger partial charge in [0.2, 0.25) is 10.0 Å². The largest absolute Gasteiger partial charge is 0.497 e. The van der Waals surface area contributed by atoms with Crippen LogP contribution in [-0.4, -0.2) is 31.8 Å². The van der Waals surface area contributed by atoms with E-state index in [4.69, 9.17) is 4.74 Å². The molecule has 0 atom stereocenters. The standard InChI is InChI=1S/C23H28N4O3S/c1-30-18-13-12-17(14-16-8-4-3-5-9-16)21(15-18)26-22-23(27-31(2,28)29)25-20-11-7-6-10-19(20)24-22/h6-7,10-13,15-16H,3-5,8-9,14H2,1-2H3,(H,24,26)(H,25,27). The molecule has 3 aromatic rings. The molecule has 2 aromatic carbocycles. The first-order valence-electron chi connectivity index (χ1n) is 10.6. The smallest absolute Gasteiger partial charge is 0.231 e. The van der Waals surface area contributed by atoms with E-state index in [-0.39, 0.29) is 5.82 Å². The Labute approximate surface area is 183 Å². The van der Waals surface area contributed by atoms with E-state index in [1.165, 1.54) is 32.1 Å². The number of para-hydroxylation sites is 2. The normalized spacial score (nSPS) is 15.0. The molecule has 0 saturated heterocycles. The summed E-state index contributed by atoms with van der Waals surface area (Å²) in [4.78, 5) is 9.15. The van der Waals surface area contributed by atoms with Crippen LogP contribution in [0.2, 0.25) is 0 Å². The van der Waals surface area contributed by atoms with Crippen LogP contribution in [0.15, 0.2) is 42.5 Å². The van der Waals surface area contributed by atoms with Crippen LogP contribution in [0.5, 0.6) is 5.75 Å². The Bertz CT molecular complexity index is 1170. The lowest BCUT2D eigenvalue weighted by atomic mass is 9.84. The number of methoxy groups -OCH3 is 1. The van der Waals surface area contributed by atoms with Gasteiger partial charge in [0.1, 0.15) is 5.75 Å². The van der Waals surface area contributed by atoms with Crippen molar-refractivity contribution < 1.29 is 13.2 Å². The van der Waals surface area contributed by atoms with E-state index in [1.807, 2.05) is 30.3 Å². The van der Waals surface area contributed by atoms with E-state index in [0.29, 0.717) is 22.8 Å². The molecule has 1 heterocycles. The Morgan fingerprint density at radius 1 is 1.00 bits per heavy atom. The lowest BCUT2D eigenvalue weighted by molar-refractivity contribution is 0.356. The molecule has 2 N–H and O–H groups in total. The molecule has 1 aromatic heterocycles. The predicted octanol–water partition coefficient (Wildman–Crippen LogP) is 4.88. The molecule has 1 aliphatic rings. The third kappa shape index (κ3) is 5.44. The summed E-state index contributed by atoms with van der Waals surface area (Å²) in [6.45, 7) is 0. The van der Waals surface area contributed by atoms with Crippen LogP contribution in [0.1, 0.15) is 37.7 Å². The van der Waals surface area contributed by atoms with Gasteiger partial charge in [0.25, 0.3) is 0 Å². The molecule has 0 unspecified atom stereocenters. The molecule has 4 rings (SSSR count). The number of benzene rings is 2. The van der Waals surface area contributed by atoms with Crippen LogP contribution >= 0.6 is 0 Å². The van der Waals surface area contributed by atoms with Crippen LogP contribution < -0.4 is 14.8 Å². The second kappa shape index (κ2) is 9.09. The minimum atomic E-state index is -3.52. The van der Waals surface area contributed by atoms with Gasteiger partial charge in [-0.2, -0.15) is 0 Å². The van der Waals surface area contributed by atoms with E-state index in [0.717, 1.165) is 29.7 Å². The van der Waals surface area contributed by atoms with Gasteiger partial charge >= 0.3 is 0 Å². The van der Waals surface area contributed by atoms with Gasteiger partial charge in [0.05, 0.1) is 24.4 Å². The highest BCUT2D eigenvalue weighted by molar-refractivity contribution is 7.92. The Morgan fingerprint density at radius 3 is 2.32 bits per heavy atom. The molecule has 0 spiro atoms. The summed E-state index contributed by atoms with van der Waals surface area (Å²) in [6, 6.07) is 13.4. The topological polar surface area (TPSA) is 93.2 Å². The van der Waals surface area contributed by atoms with Crippen molar-refractivity contribution in [3.8, 4) is 5.75 Å². The van der Waals surface area contributed by atoms with E-state index >= 15 is 0 Å². The van der Waals surface area contributed by atoms with Crippen molar-refractivity contribution in [2.24, 2.45) is 5.92 Å². The van der Waals surface area contributed by atoms with E-state index in [1.54, 1.807) is 13.2 Å². The number of anilines is 3. The minimum absolute atomic E-state index is 0.174. The zero-order chi connectivity index (χ0) is 21.8. The van der Waals surface area contributed by atoms with Crippen molar-refractivity contribution in [3.05, 3.63) is 48.0 Å². The van der Waals surface area contributed by atoms with Gasteiger partial charge < -0.3 is 10.1 Å². The lowest BCUT2D eigenvalue weighted by Gasteiger charge is -2.23. The van der Waals surface area contributed by atoms with Gasteiger partial charge in [-0.3, -0.25) is 4.72 Å². The second-order valence-corrected chi connectivity index (χ2v) is 9.89. The molecule has 164 valence electrons. The minimum Gasteiger partial charge on any atom is -0.497 e. The van der Waals surface area contributed by atoms with Crippen LogP contribution in [0, 0.1) is 5.92 Å². The van der Waals surface area contributed by atoms with Gasteiger partial charge in [-0.15, -0.1) is 0 Å². The summed E-state index contributed by atoms with van der Waals surface area (Å²) >= 11 is 0. The zero-order valence-electron chi connectivity index (χ0n) is 17.9. The van der Waals surface area contributed by atoms with Crippen LogP contribution in [0.25, 0.3) is 11.0 Å². The number of nitrogens with one attached hydrogen (secondary N) is 2. The van der Waals surface area contributed by atoms with E-state index in [9.17, 15) is 8.42 Å². The number of aromatic nitrogens is 2. The Morgan fingerprint density at radius 2 is 1.68 bits per heavy atom. The molecule has 0 amide bonds. The molecule has 0 bridgehead atoms. The Balaban J connectivity index is 1.73. The maximum absolute atomic E-state index is 11.9. The highest BCUT2D eigenvalue weighted by atomic mass is 32.2. The maximum atomic E-state index is 11.9. The number of nitrogens with zero attached hydrogens (tertiary/aromatic N) is 2. The van der Waals surface area contributed by atoms with Crippen molar-refractivity contribution in [2.75, 3.05) is 23.4 Å². The second-order valence-electron chi connectivity index (χ2n) is 8.14. The number of fused-ring (bicyclic) bond motifs is 1. The fourth-order valence-electron chi connectivity index (χ4n) is 4.14. The fraction of sp³-hybridized carbons (Fsp3) is 0.391. The summed E-state index contributed by atoms with van der Waals surface area (Å²) in [5.74, 6) is 1.91. The molecule has 1 saturated carbocycles. The van der Waals surface area contributed by atoms with Crippen molar-refractivity contribution in [1.82, 2.24) is 9.97 Å². The molecule has 0 aliphatic heterocycles. The molecule has 1 fully saturated rings. The molecular formula is C23H28N4O3S. The first-order valence-corrected chi connectivity index (χ1v) is 12.5. The molecular weight excluding hydrogens is 412 g/mol. The summed E-state index contributed by atoms with van der Waals surface area (Å²) in [5.41, 5.74) is 3.31. The Kier molecular flexibility index (Phi) is 6.27. The van der Waals surface area contributed by atoms with E-state index < -0.39 is 10.0 Å². The number of rotatable bonds is 7. The molecule has 0 radical (unpaired) electrons. The van der Waals surface area contributed by atoms with Gasteiger partial charge in [-0.05, 0) is 36.1 Å². The number of sulfonamides is 1. The first-order chi connectivity index (χ1) is 14.9. The quantitative estimate of drug-likeness (QED) is 0.544. The van der Waals surface area contributed by atoms with Gasteiger partial charge in [-0.25, -0.2) is 18.4 Å². The maximum Gasteiger partial charge on any atom is 0.231 e. The zero-order valence-corrected chi connectivity index (χ0v) is 18.7. The first kappa shape index (κ1) is 21.4. The average Bonchev–Trinajstić information content (AvgIpc) is 2.75.